The Morgan fingerprint density at radius 3 is 2.59 bits per heavy atom. The summed E-state index contributed by atoms with van der Waals surface area (Å²) >= 11 is 0. The van der Waals surface area contributed by atoms with Crippen molar-refractivity contribution in [3.8, 4) is 11.5 Å². The molecule has 0 aromatic heterocycles. The number of phenols is 1. The molecule has 1 atom stereocenters. The molecule has 0 saturated carbocycles. The lowest BCUT2D eigenvalue weighted by molar-refractivity contribution is 0.194. The number of nitrogens with zero attached hydrogens (tertiary/aromatic N) is 1. The van der Waals surface area contributed by atoms with Gasteiger partial charge in [0, 0.05) is 18.6 Å². The van der Waals surface area contributed by atoms with Crippen molar-refractivity contribution in [2.24, 2.45) is 5.92 Å². The van der Waals surface area contributed by atoms with Crippen LogP contribution in [0.3, 0.4) is 0 Å². The van der Waals surface area contributed by atoms with Crippen LogP contribution >= 0.6 is 0 Å². The first-order valence-corrected chi connectivity index (χ1v) is 12.4. The first-order valence-electron chi connectivity index (χ1n) is 12.4. The van der Waals surface area contributed by atoms with Gasteiger partial charge in [0.1, 0.15) is 18.1 Å². The van der Waals surface area contributed by atoms with Gasteiger partial charge in [0.25, 0.3) is 0 Å². The second-order valence-electron chi connectivity index (χ2n) is 10.3. The third-order valence-corrected chi connectivity index (χ3v) is 7.37. The fraction of sp³-hybridized carbons (Fsp3) is 0.517. The molecule has 2 aliphatic heterocycles. The molecule has 0 aliphatic carbocycles. The highest BCUT2D eigenvalue weighted by Crippen LogP contribution is 2.50. The van der Waals surface area contributed by atoms with E-state index in [1.807, 2.05) is 6.07 Å². The minimum atomic E-state index is -0.156. The van der Waals surface area contributed by atoms with E-state index in [2.05, 4.69) is 69.0 Å². The Hall–Kier alpha value is -2.26. The number of hydrogen-bond donors (Lipinski definition) is 1. The number of aromatic hydroxyl groups is 1. The summed E-state index contributed by atoms with van der Waals surface area (Å²) in [5, 5.41) is 11.1. The Morgan fingerprint density at radius 1 is 1.06 bits per heavy atom. The van der Waals surface area contributed by atoms with Gasteiger partial charge in [-0.25, -0.2) is 0 Å². The molecule has 0 saturated heterocycles. The first-order chi connectivity index (χ1) is 15.4. The van der Waals surface area contributed by atoms with Crippen molar-refractivity contribution in [3.05, 3.63) is 64.7 Å². The van der Waals surface area contributed by atoms with Gasteiger partial charge in [0.05, 0.1) is 5.56 Å². The molecule has 3 nitrogen and oxygen atoms in total. The quantitative estimate of drug-likeness (QED) is 0.433. The van der Waals surface area contributed by atoms with Gasteiger partial charge in [-0.15, -0.1) is 0 Å². The van der Waals surface area contributed by atoms with E-state index in [0.717, 1.165) is 43.2 Å². The zero-order chi connectivity index (χ0) is 22.7. The largest absolute Gasteiger partial charge is 0.507 e. The highest BCUT2D eigenvalue weighted by molar-refractivity contribution is 5.86. The standard InChI is InChI=1S/C29H39NO2/c1-5-6-8-11-21(2)14-15-23-16-25(31)27-26(17-23)32-20-24-19-30(29(3,4)28(24)27)18-22-12-9-7-10-13-22/h7,9-10,12-13,16-17,21,31H,5-6,8,11,14-15,18-20H2,1-4H3. The number of aryl methyl sites for hydroxylation is 1. The van der Waals surface area contributed by atoms with Crippen LogP contribution in [0.25, 0.3) is 5.57 Å². The molecule has 1 N–H and O–H groups in total. The molecule has 0 amide bonds. The van der Waals surface area contributed by atoms with Crippen LogP contribution in [0.4, 0.5) is 0 Å². The van der Waals surface area contributed by atoms with Crippen LogP contribution in [0.2, 0.25) is 0 Å². The summed E-state index contributed by atoms with van der Waals surface area (Å²) in [6, 6.07) is 14.8. The molecule has 0 radical (unpaired) electrons. The highest BCUT2D eigenvalue weighted by Gasteiger charge is 2.44. The number of benzene rings is 2. The molecule has 2 heterocycles. The maximum absolute atomic E-state index is 11.1. The maximum atomic E-state index is 11.1. The second kappa shape index (κ2) is 9.70. The summed E-state index contributed by atoms with van der Waals surface area (Å²) in [5.41, 5.74) is 5.80. The van der Waals surface area contributed by atoms with Crippen LogP contribution in [-0.2, 0) is 13.0 Å². The smallest absolute Gasteiger partial charge is 0.131 e. The van der Waals surface area contributed by atoms with E-state index in [-0.39, 0.29) is 5.54 Å². The van der Waals surface area contributed by atoms with Crippen molar-refractivity contribution in [1.29, 1.82) is 0 Å². The lowest BCUT2D eigenvalue weighted by Gasteiger charge is -2.35. The molecule has 2 aromatic carbocycles. The van der Waals surface area contributed by atoms with Crippen LogP contribution in [0.15, 0.2) is 48.0 Å². The Kier molecular flexibility index (Phi) is 6.95. The van der Waals surface area contributed by atoms with Crippen molar-refractivity contribution < 1.29 is 9.84 Å². The lowest BCUT2D eigenvalue weighted by Crippen LogP contribution is -2.40. The molecule has 32 heavy (non-hydrogen) atoms. The van der Waals surface area contributed by atoms with Gasteiger partial charge < -0.3 is 9.84 Å². The Balaban J connectivity index is 1.51. The summed E-state index contributed by atoms with van der Waals surface area (Å²) in [5.74, 6) is 1.94. The van der Waals surface area contributed by atoms with Crippen molar-refractivity contribution in [2.45, 2.75) is 78.3 Å². The molecular weight excluding hydrogens is 394 g/mol. The number of phenolic OH excluding ortho intramolecular Hbond substituents is 1. The topological polar surface area (TPSA) is 32.7 Å². The van der Waals surface area contributed by atoms with Crippen molar-refractivity contribution in [3.63, 3.8) is 0 Å². The minimum Gasteiger partial charge on any atom is -0.507 e. The van der Waals surface area contributed by atoms with Gasteiger partial charge in [-0.1, -0.05) is 69.9 Å². The Morgan fingerprint density at radius 2 is 1.84 bits per heavy atom. The second-order valence-corrected chi connectivity index (χ2v) is 10.3. The monoisotopic (exact) mass is 433 g/mol. The van der Waals surface area contributed by atoms with E-state index in [1.165, 1.54) is 48.0 Å². The van der Waals surface area contributed by atoms with Crippen LogP contribution in [0.5, 0.6) is 11.5 Å². The molecule has 0 fully saturated rings. The Labute approximate surface area is 194 Å². The predicted molar refractivity (Wildman–Crippen MR) is 133 cm³/mol. The van der Waals surface area contributed by atoms with Gasteiger partial charge in [0.15, 0.2) is 0 Å². The van der Waals surface area contributed by atoms with Crippen molar-refractivity contribution in [1.82, 2.24) is 4.90 Å². The van der Waals surface area contributed by atoms with E-state index in [4.69, 9.17) is 4.74 Å². The minimum absolute atomic E-state index is 0.156. The molecule has 0 bridgehead atoms. The van der Waals surface area contributed by atoms with Gasteiger partial charge in [-0.2, -0.15) is 0 Å². The van der Waals surface area contributed by atoms with Crippen LogP contribution in [0, 0.1) is 5.92 Å². The lowest BCUT2D eigenvalue weighted by atomic mass is 9.84. The molecule has 1 unspecified atom stereocenters. The van der Waals surface area contributed by atoms with E-state index in [9.17, 15) is 5.11 Å². The molecule has 3 heteroatoms. The summed E-state index contributed by atoms with van der Waals surface area (Å²) in [7, 11) is 0. The van der Waals surface area contributed by atoms with E-state index < -0.39 is 0 Å². The maximum Gasteiger partial charge on any atom is 0.131 e. The first kappa shape index (κ1) is 22.9. The molecule has 172 valence electrons. The van der Waals surface area contributed by atoms with Gasteiger partial charge in [-0.3, -0.25) is 4.90 Å². The third-order valence-electron chi connectivity index (χ3n) is 7.37. The van der Waals surface area contributed by atoms with Crippen molar-refractivity contribution >= 4 is 5.57 Å². The summed E-state index contributed by atoms with van der Waals surface area (Å²) < 4.78 is 6.19. The molecular formula is C29H39NO2. The van der Waals surface area contributed by atoms with Gasteiger partial charge >= 0.3 is 0 Å². The number of rotatable bonds is 9. The zero-order valence-corrected chi connectivity index (χ0v) is 20.3. The highest BCUT2D eigenvalue weighted by atomic mass is 16.5. The van der Waals surface area contributed by atoms with Gasteiger partial charge in [-0.05, 0) is 67.0 Å². The average molecular weight is 434 g/mol. The normalized spacial score (nSPS) is 18.2. The molecule has 0 spiro atoms. The fourth-order valence-electron chi connectivity index (χ4n) is 5.39. The molecule has 2 aromatic rings. The van der Waals surface area contributed by atoms with E-state index in [0.29, 0.717) is 12.4 Å². The van der Waals surface area contributed by atoms with Crippen molar-refractivity contribution in [2.75, 3.05) is 13.2 Å². The summed E-state index contributed by atoms with van der Waals surface area (Å²) in [6.07, 6.45) is 7.37. The Bertz CT molecular complexity index is 961. The summed E-state index contributed by atoms with van der Waals surface area (Å²) in [4.78, 5) is 2.50. The SMILES string of the molecule is CCCCCC(C)CCc1cc(O)c2c(c1)OCC1=C2C(C)(C)N(Cc2ccccc2)C1. The van der Waals surface area contributed by atoms with Crippen LogP contribution in [0.1, 0.15) is 76.5 Å². The molecule has 4 rings (SSSR count). The van der Waals surface area contributed by atoms with E-state index in [1.54, 1.807) is 0 Å². The number of fused-ring (bicyclic) bond motifs is 2. The number of ether oxygens (including phenoxy) is 1. The van der Waals surface area contributed by atoms with Gasteiger partial charge in [0.2, 0.25) is 0 Å². The number of unbranched alkanes of at least 4 members (excludes halogenated alkanes) is 2. The van der Waals surface area contributed by atoms with Crippen LogP contribution < -0.4 is 4.74 Å². The number of hydrogen-bond acceptors (Lipinski definition) is 3. The predicted octanol–water partition coefficient (Wildman–Crippen LogP) is 6.98. The van der Waals surface area contributed by atoms with E-state index >= 15 is 0 Å². The fourth-order valence-corrected chi connectivity index (χ4v) is 5.39. The average Bonchev–Trinajstić information content (AvgIpc) is 3.03. The molecule has 2 aliphatic rings. The third kappa shape index (κ3) is 4.73. The summed E-state index contributed by atoms with van der Waals surface area (Å²) in [6.45, 7) is 11.6. The van der Waals surface area contributed by atoms with Crippen LogP contribution in [-0.4, -0.2) is 28.7 Å². The zero-order valence-electron chi connectivity index (χ0n) is 20.3.